The Hall–Kier alpha value is -2.47. The zero-order valence-electron chi connectivity index (χ0n) is 14.2. The smallest absolute Gasteiger partial charge is 0.242 e. The van der Waals surface area contributed by atoms with E-state index in [0.29, 0.717) is 13.1 Å². The fourth-order valence-corrected chi connectivity index (χ4v) is 2.43. The summed E-state index contributed by atoms with van der Waals surface area (Å²) in [7, 11) is 3.64. The van der Waals surface area contributed by atoms with Gasteiger partial charge in [-0.25, -0.2) is 9.37 Å². The van der Waals surface area contributed by atoms with Gasteiger partial charge in [0.05, 0.1) is 0 Å². The minimum Gasteiger partial charge on any atom is -0.368 e. The number of likely N-dealkylation sites (N-methyl/N-ethyl adjacent to an activating group) is 1. The van der Waals surface area contributed by atoms with Crippen LogP contribution in [0.4, 0.5) is 10.2 Å². The minimum absolute atomic E-state index is 0.120. The topological polar surface area (TPSA) is 57.3 Å². The second-order valence-corrected chi connectivity index (χ2v) is 5.85. The number of aryl methyl sites for hydroxylation is 1. The van der Waals surface area contributed by atoms with Crippen molar-refractivity contribution >= 4 is 11.7 Å². The van der Waals surface area contributed by atoms with Crippen molar-refractivity contribution in [3.8, 4) is 0 Å². The van der Waals surface area contributed by atoms with Crippen LogP contribution >= 0.6 is 0 Å². The molecule has 0 saturated carbocycles. The Morgan fingerprint density at radius 1 is 1.21 bits per heavy atom. The van der Waals surface area contributed by atoms with E-state index in [4.69, 9.17) is 0 Å². The Balaban J connectivity index is 1.88. The van der Waals surface area contributed by atoms with Crippen molar-refractivity contribution in [2.45, 2.75) is 13.0 Å². The SMILES string of the molecule is Cc1ccnc(NCCNC(=O)[C@H](c2ccc(F)cc2)N(C)C)c1. The molecule has 5 nitrogen and oxygen atoms in total. The number of pyridine rings is 1. The molecule has 1 atom stereocenters. The number of carbonyl (C=O) groups is 1. The Morgan fingerprint density at radius 2 is 1.92 bits per heavy atom. The summed E-state index contributed by atoms with van der Waals surface area (Å²) >= 11 is 0. The molecular formula is C18H23FN4O. The molecule has 2 aromatic rings. The van der Waals surface area contributed by atoms with Crippen LogP contribution in [0.2, 0.25) is 0 Å². The Kier molecular flexibility index (Phi) is 6.26. The first-order chi connectivity index (χ1) is 11.5. The maximum atomic E-state index is 13.1. The molecule has 2 N–H and O–H groups in total. The molecule has 6 heteroatoms. The highest BCUT2D eigenvalue weighted by Crippen LogP contribution is 2.18. The summed E-state index contributed by atoms with van der Waals surface area (Å²) in [5.41, 5.74) is 1.88. The molecule has 0 bridgehead atoms. The Labute approximate surface area is 141 Å². The average Bonchev–Trinajstić information content (AvgIpc) is 2.53. The predicted molar refractivity (Wildman–Crippen MR) is 93.3 cm³/mol. The van der Waals surface area contributed by atoms with Gasteiger partial charge in [0.25, 0.3) is 0 Å². The van der Waals surface area contributed by atoms with Crippen LogP contribution in [0.1, 0.15) is 17.2 Å². The largest absolute Gasteiger partial charge is 0.368 e. The minimum atomic E-state index is -0.456. The third kappa shape index (κ3) is 5.03. The summed E-state index contributed by atoms with van der Waals surface area (Å²) in [5.74, 6) is 0.351. The van der Waals surface area contributed by atoms with Crippen LogP contribution in [0.5, 0.6) is 0 Å². The van der Waals surface area contributed by atoms with Crippen LogP contribution in [0.25, 0.3) is 0 Å². The standard InChI is InChI=1S/C18H23FN4O/c1-13-8-9-20-16(12-13)21-10-11-22-18(24)17(23(2)3)14-4-6-15(19)7-5-14/h4-9,12,17H,10-11H2,1-3H3,(H,20,21)(H,22,24)/t17-/m0/s1. The van der Waals surface area contributed by atoms with Crippen LogP contribution in [0.15, 0.2) is 42.6 Å². The average molecular weight is 330 g/mol. The highest BCUT2D eigenvalue weighted by Gasteiger charge is 2.22. The van der Waals surface area contributed by atoms with Crippen LogP contribution in [0.3, 0.4) is 0 Å². The maximum absolute atomic E-state index is 13.1. The van der Waals surface area contributed by atoms with Gasteiger partial charge in [-0.1, -0.05) is 12.1 Å². The van der Waals surface area contributed by atoms with E-state index in [1.54, 1.807) is 23.2 Å². The monoisotopic (exact) mass is 330 g/mol. The van der Waals surface area contributed by atoms with Gasteiger partial charge in [-0.3, -0.25) is 9.69 Å². The lowest BCUT2D eigenvalue weighted by molar-refractivity contribution is -0.125. The number of nitrogens with zero attached hydrogens (tertiary/aromatic N) is 2. The number of amides is 1. The summed E-state index contributed by atoms with van der Waals surface area (Å²) in [6.07, 6.45) is 1.74. The second kappa shape index (κ2) is 8.40. The number of aromatic nitrogens is 1. The molecule has 0 aliphatic carbocycles. The second-order valence-electron chi connectivity index (χ2n) is 5.85. The number of hydrogen-bond donors (Lipinski definition) is 2. The molecular weight excluding hydrogens is 307 g/mol. The number of nitrogens with one attached hydrogen (secondary N) is 2. The molecule has 1 heterocycles. The quantitative estimate of drug-likeness (QED) is 0.765. The van der Waals surface area contributed by atoms with Crippen molar-refractivity contribution in [3.05, 3.63) is 59.5 Å². The van der Waals surface area contributed by atoms with Crippen molar-refractivity contribution in [2.24, 2.45) is 0 Å². The van der Waals surface area contributed by atoms with Gasteiger partial charge in [-0.15, -0.1) is 0 Å². The van der Waals surface area contributed by atoms with Gasteiger partial charge >= 0.3 is 0 Å². The van der Waals surface area contributed by atoms with Crippen LogP contribution in [-0.2, 0) is 4.79 Å². The van der Waals surface area contributed by atoms with E-state index in [1.165, 1.54) is 12.1 Å². The van der Waals surface area contributed by atoms with Gasteiger partial charge < -0.3 is 10.6 Å². The summed E-state index contributed by atoms with van der Waals surface area (Å²) in [4.78, 5) is 18.5. The van der Waals surface area contributed by atoms with Gasteiger partial charge in [-0.2, -0.15) is 0 Å². The molecule has 2 rings (SSSR count). The van der Waals surface area contributed by atoms with Gasteiger partial charge in [0.1, 0.15) is 17.7 Å². The van der Waals surface area contributed by atoms with Gasteiger partial charge in [-0.05, 0) is 56.4 Å². The molecule has 24 heavy (non-hydrogen) atoms. The van der Waals surface area contributed by atoms with E-state index in [2.05, 4.69) is 15.6 Å². The van der Waals surface area contributed by atoms with Crippen molar-refractivity contribution < 1.29 is 9.18 Å². The van der Waals surface area contributed by atoms with Crippen LogP contribution in [0, 0.1) is 12.7 Å². The zero-order valence-corrected chi connectivity index (χ0v) is 14.2. The summed E-state index contributed by atoms with van der Waals surface area (Å²) in [6, 6.07) is 9.42. The van der Waals surface area contributed by atoms with Gasteiger partial charge in [0.15, 0.2) is 0 Å². The van der Waals surface area contributed by atoms with E-state index in [9.17, 15) is 9.18 Å². The first kappa shape index (κ1) is 17.9. The fourth-order valence-electron chi connectivity index (χ4n) is 2.43. The van der Waals surface area contributed by atoms with E-state index in [-0.39, 0.29) is 11.7 Å². The number of carbonyl (C=O) groups excluding carboxylic acids is 1. The summed E-state index contributed by atoms with van der Waals surface area (Å²) in [6.45, 7) is 3.05. The number of benzene rings is 1. The Morgan fingerprint density at radius 3 is 2.54 bits per heavy atom. The number of rotatable bonds is 7. The predicted octanol–water partition coefficient (Wildman–Crippen LogP) is 2.36. The number of anilines is 1. The normalized spacial score (nSPS) is 12.0. The third-order valence-electron chi connectivity index (χ3n) is 3.60. The summed E-state index contributed by atoms with van der Waals surface area (Å²) in [5, 5.41) is 6.06. The molecule has 128 valence electrons. The molecule has 1 amide bonds. The molecule has 0 spiro atoms. The first-order valence-electron chi connectivity index (χ1n) is 7.83. The van der Waals surface area contributed by atoms with E-state index in [0.717, 1.165) is 16.9 Å². The molecule has 0 aliphatic rings. The molecule has 1 aromatic carbocycles. The fraction of sp³-hybridized carbons (Fsp3) is 0.333. The van der Waals surface area contributed by atoms with Gasteiger partial charge in [0, 0.05) is 19.3 Å². The first-order valence-corrected chi connectivity index (χ1v) is 7.83. The Bertz CT molecular complexity index is 673. The number of hydrogen-bond acceptors (Lipinski definition) is 4. The highest BCUT2D eigenvalue weighted by molar-refractivity contribution is 5.83. The molecule has 1 aromatic heterocycles. The van der Waals surface area contributed by atoms with E-state index in [1.807, 2.05) is 33.2 Å². The van der Waals surface area contributed by atoms with Gasteiger partial charge in [0.2, 0.25) is 5.91 Å². The zero-order chi connectivity index (χ0) is 17.5. The van der Waals surface area contributed by atoms with Crippen molar-refractivity contribution in [2.75, 3.05) is 32.5 Å². The molecule has 0 aliphatic heterocycles. The third-order valence-corrected chi connectivity index (χ3v) is 3.60. The van der Waals surface area contributed by atoms with Crippen LogP contribution < -0.4 is 10.6 Å². The highest BCUT2D eigenvalue weighted by atomic mass is 19.1. The molecule has 0 unspecified atom stereocenters. The van der Waals surface area contributed by atoms with E-state index >= 15 is 0 Å². The lowest BCUT2D eigenvalue weighted by atomic mass is 10.1. The number of halogens is 1. The lowest BCUT2D eigenvalue weighted by Crippen LogP contribution is -2.39. The van der Waals surface area contributed by atoms with E-state index < -0.39 is 6.04 Å². The maximum Gasteiger partial charge on any atom is 0.242 e. The lowest BCUT2D eigenvalue weighted by Gasteiger charge is -2.24. The molecule has 0 fully saturated rings. The summed E-state index contributed by atoms with van der Waals surface area (Å²) < 4.78 is 13.1. The molecule has 0 radical (unpaired) electrons. The van der Waals surface area contributed by atoms with Crippen LogP contribution in [-0.4, -0.2) is 43.0 Å². The van der Waals surface area contributed by atoms with Crippen molar-refractivity contribution in [3.63, 3.8) is 0 Å². The van der Waals surface area contributed by atoms with Crippen molar-refractivity contribution in [1.29, 1.82) is 0 Å². The van der Waals surface area contributed by atoms with Crippen molar-refractivity contribution in [1.82, 2.24) is 15.2 Å². The molecule has 0 saturated heterocycles.